The molecule has 0 bridgehead atoms. The van der Waals surface area contributed by atoms with Crippen LogP contribution in [0.5, 0.6) is 0 Å². The molecule has 0 aliphatic carbocycles. The van der Waals surface area contributed by atoms with Crippen LogP contribution < -0.4 is 5.32 Å². The summed E-state index contributed by atoms with van der Waals surface area (Å²) in [6, 6.07) is 13.0. The summed E-state index contributed by atoms with van der Waals surface area (Å²) in [7, 11) is 1.13. The van der Waals surface area contributed by atoms with Crippen LogP contribution in [0, 0.1) is 0 Å². The molecule has 7 heteroatoms. The molecule has 1 N–H and O–H groups in total. The van der Waals surface area contributed by atoms with Crippen LogP contribution in [0.3, 0.4) is 0 Å². The Labute approximate surface area is 155 Å². The highest BCUT2D eigenvalue weighted by Gasteiger charge is 2.34. The van der Waals surface area contributed by atoms with Crippen molar-refractivity contribution in [2.75, 3.05) is 7.11 Å². The van der Waals surface area contributed by atoms with E-state index < -0.39 is 29.7 Å². The van der Waals surface area contributed by atoms with E-state index in [4.69, 9.17) is 0 Å². The molecule has 2 aromatic rings. The second kappa shape index (κ2) is 9.21. The Hall–Kier alpha value is -2.83. The summed E-state index contributed by atoms with van der Waals surface area (Å²) in [6.07, 6.45) is -4.29. The van der Waals surface area contributed by atoms with Crippen molar-refractivity contribution >= 4 is 11.9 Å². The van der Waals surface area contributed by atoms with Crippen molar-refractivity contribution in [3.63, 3.8) is 0 Å². The van der Waals surface area contributed by atoms with E-state index in [1.54, 1.807) is 0 Å². The third-order valence-corrected chi connectivity index (χ3v) is 4.05. The van der Waals surface area contributed by atoms with E-state index in [9.17, 15) is 22.8 Å². The fourth-order valence-corrected chi connectivity index (χ4v) is 2.70. The van der Waals surface area contributed by atoms with Crippen LogP contribution in [0.15, 0.2) is 54.6 Å². The number of alkyl halides is 3. The number of carbonyl (C=O) groups is 2. The molecule has 4 nitrogen and oxygen atoms in total. The molecular formula is C20H20F3NO3. The monoisotopic (exact) mass is 379 g/mol. The van der Waals surface area contributed by atoms with Crippen molar-refractivity contribution in [2.45, 2.75) is 31.5 Å². The topological polar surface area (TPSA) is 55.4 Å². The molecule has 0 saturated carbocycles. The molecule has 0 heterocycles. The van der Waals surface area contributed by atoms with Crippen LogP contribution >= 0.6 is 0 Å². The quantitative estimate of drug-likeness (QED) is 0.749. The lowest BCUT2D eigenvalue weighted by Gasteiger charge is -2.19. The second-order valence-corrected chi connectivity index (χ2v) is 5.99. The third-order valence-electron chi connectivity index (χ3n) is 4.05. The lowest BCUT2D eigenvalue weighted by Crippen LogP contribution is -2.43. The maximum atomic E-state index is 13.1. The van der Waals surface area contributed by atoms with Gasteiger partial charge in [0.25, 0.3) is 0 Å². The van der Waals surface area contributed by atoms with E-state index in [-0.39, 0.29) is 18.4 Å². The molecule has 0 unspecified atom stereocenters. The number of halogens is 3. The molecule has 27 heavy (non-hydrogen) atoms. The Kier molecular flexibility index (Phi) is 6.98. The van der Waals surface area contributed by atoms with E-state index in [0.717, 1.165) is 18.7 Å². The minimum Gasteiger partial charge on any atom is -0.467 e. The lowest BCUT2D eigenvalue weighted by atomic mass is 9.99. The number of hydrogen-bond acceptors (Lipinski definition) is 3. The zero-order chi connectivity index (χ0) is 19.9. The van der Waals surface area contributed by atoms with Gasteiger partial charge in [-0.3, -0.25) is 4.79 Å². The molecule has 0 saturated heterocycles. The number of benzene rings is 2. The van der Waals surface area contributed by atoms with Crippen LogP contribution in [0.4, 0.5) is 13.2 Å². The highest BCUT2D eigenvalue weighted by molar-refractivity contribution is 5.84. The molecule has 144 valence electrons. The highest BCUT2D eigenvalue weighted by atomic mass is 19.4. The average Bonchev–Trinajstić information content (AvgIpc) is 2.65. The van der Waals surface area contributed by atoms with Gasteiger partial charge in [0.15, 0.2) is 0 Å². The van der Waals surface area contributed by atoms with E-state index in [2.05, 4.69) is 10.1 Å². The van der Waals surface area contributed by atoms with E-state index in [1.807, 2.05) is 30.3 Å². The minimum absolute atomic E-state index is 0.0799. The van der Waals surface area contributed by atoms with Gasteiger partial charge in [-0.25, -0.2) is 4.79 Å². The van der Waals surface area contributed by atoms with Crippen molar-refractivity contribution in [1.82, 2.24) is 5.32 Å². The summed E-state index contributed by atoms with van der Waals surface area (Å²) in [4.78, 5) is 24.1. The molecule has 0 spiro atoms. The number of esters is 1. The molecule has 0 aliphatic rings. The van der Waals surface area contributed by atoms with Gasteiger partial charge in [-0.1, -0.05) is 48.5 Å². The highest BCUT2D eigenvalue weighted by Crippen LogP contribution is 2.32. The standard InChI is InChI=1S/C20H20F3NO3/c1-27-19(26)17(13-15-9-5-6-10-16(15)20(21,22)23)24-18(25)12-11-14-7-3-2-4-8-14/h2-10,17H,11-13H2,1H3,(H,24,25)/t17-/m1/s1. The van der Waals surface area contributed by atoms with Gasteiger partial charge >= 0.3 is 12.1 Å². The lowest BCUT2D eigenvalue weighted by molar-refractivity contribution is -0.145. The fraction of sp³-hybridized carbons (Fsp3) is 0.300. The summed E-state index contributed by atoms with van der Waals surface area (Å²) in [5, 5.41) is 2.48. The van der Waals surface area contributed by atoms with Gasteiger partial charge in [-0.05, 0) is 23.6 Å². The minimum atomic E-state index is -4.55. The molecule has 1 amide bonds. The Balaban J connectivity index is 2.08. The van der Waals surface area contributed by atoms with Crippen LogP contribution in [0.2, 0.25) is 0 Å². The zero-order valence-electron chi connectivity index (χ0n) is 14.8. The maximum absolute atomic E-state index is 13.1. The number of ether oxygens (including phenoxy) is 1. The number of methoxy groups -OCH3 is 1. The Bertz CT molecular complexity index is 776. The first-order valence-electron chi connectivity index (χ1n) is 8.37. The third kappa shape index (κ3) is 6.13. The first-order chi connectivity index (χ1) is 12.8. The van der Waals surface area contributed by atoms with Gasteiger partial charge in [0.2, 0.25) is 5.91 Å². The number of nitrogens with one attached hydrogen (secondary N) is 1. The Morgan fingerprint density at radius 1 is 1.04 bits per heavy atom. The molecule has 0 radical (unpaired) electrons. The van der Waals surface area contributed by atoms with Gasteiger partial charge in [0.1, 0.15) is 6.04 Å². The Morgan fingerprint density at radius 2 is 1.67 bits per heavy atom. The Morgan fingerprint density at radius 3 is 2.30 bits per heavy atom. The summed E-state index contributed by atoms with van der Waals surface area (Å²) < 4.78 is 44.1. The SMILES string of the molecule is COC(=O)[C@@H](Cc1ccccc1C(F)(F)F)NC(=O)CCc1ccccc1. The van der Waals surface area contributed by atoms with E-state index in [0.29, 0.717) is 6.42 Å². The number of hydrogen-bond donors (Lipinski definition) is 1. The first-order valence-corrected chi connectivity index (χ1v) is 8.37. The van der Waals surface area contributed by atoms with Crippen molar-refractivity contribution in [3.05, 3.63) is 71.3 Å². The summed E-state index contributed by atoms with van der Waals surface area (Å²) in [6.45, 7) is 0. The van der Waals surface area contributed by atoms with Crippen molar-refractivity contribution in [1.29, 1.82) is 0 Å². The molecule has 1 atom stereocenters. The molecule has 0 aliphatic heterocycles. The van der Waals surface area contributed by atoms with Gasteiger partial charge in [-0.2, -0.15) is 13.2 Å². The zero-order valence-corrected chi connectivity index (χ0v) is 14.8. The molecule has 0 aromatic heterocycles. The van der Waals surface area contributed by atoms with E-state index in [1.165, 1.54) is 18.2 Å². The molecule has 2 aromatic carbocycles. The van der Waals surface area contributed by atoms with E-state index >= 15 is 0 Å². The number of aryl methyl sites for hydroxylation is 1. The largest absolute Gasteiger partial charge is 0.467 e. The van der Waals surface area contributed by atoms with Gasteiger partial charge in [0.05, 0.1) is 12.7 Å². The summed E-state index contributed by atoms with van der Waals surface area (Å²) in [5.74, 6) is -1.22. The van der Waals surface area contributed by atoms with Gasteiger partial charge in [-0.15, -0.1) is 0 Å². The average molecular weight is 379 g/mol. The van der Waals surface area contributed by atoms with Gasteiger partial charge in [0, 0.05) is 12.8 Å². The summed E-state index contributed by atoms with van der Waals surface area (Å²) >= 11 is 0. The predicted octanol–water partition coefficient (Wildman–Crippen LogP) is 3.54. The van der Waals surface area contributed by atoms with Crippen LogP contribution in [-0.2, 0) is 33.3 Å². The molecule has 0 fully saturated rings. The van der Waals surface area contributed by atoms with Crippen LogP contribution in [0.1, 0.15) is 23.1 Å². The maximum Gasteiger partial charge on any atom is 0.416 e. The normalized spacial score (nSPS) is 12.3. The second-order valence-electron chi connectivity index (χ2n) is 5.99. The van der Waals surface area contributed by atoms with Gasteiger partial charge < -0.3 is 10.1 Å². The van der Waals surface area contributed by atoms with Crippen molar-refractivity contribution in [3.8, 4) is 0 Å². The number of carbonyl (C=O) groups excluding carboxylic acids is 2. The smallest absolute Gasteiger partial charge is 0.416 e. The molecular weight excluding hydrogens is 359 g/mol. The fourth-order valence-electron chi connectivity index (χ4n) is 2.70. The molecule has 2 rings (SSSR count). The predicted molar refractivity (Wildman–Crippen MR) is 93.9 cm³/mol. The summed E-state index contributed by atoms with van der Waals surface area (Å²) in [5.41, 5.74) is 0.0332. The van der Waals surface area contributed by atoms with Crippen molar-refractivity contribution in [2.24, 2.45) is 0 Å². The number of amides is 1. The first kappa shape index (κ1) is 20.5. The van der Waals surface area contributed by atoms with Crippen LogP contribution in [0.25, 0.3) is 0 Å². The van der Waals surface area contributed by atoms with Crippen LogP contribution in [-0.4, -0.2) is 25.0 Å². The van der Waals surface area contributed by atoms with Crippen molar-refractivity contribution < 1.29 is 27.5 Å². The number of rotatable bonds is 7.